The van der Waals surface area contributed by atoms with Crippen LogP contribution in [-0.4, -0.2) is 18.9 Å². The number of rotatable bonds is 8. The first-order chi connectivity index (χ1) is 9.97. The summed E-state index contributed by atoms with van der Waals surface area (Å²) >= 11 is 0. The molecule has 2 N–H and O–H groups in total. The maximum Gasteiger partial charge on any atom is 0.308 e. The number of carbonyl (C=O) groups is 1. The second-order valence-electron chi connectivity index (χ2n) is 5.16. The number of hydrogen-bond acceptors (Lipinski definition) is 3. The molecule has 0 radical (unpaired) electrons. The van der Waals surface area contributed by atoms with Crippen molar-refractivity contribution in [2.75, 3.05) is 6.54 Å². The summed E-state index contributed by atoms with van der Waals surface area (Å²) in [6, 6.07) is 4.51. The Morgan fingerprint density at radius 2 is 2.10 bits per heavy atom. The van der Waals surface area contributed by atoms with Crippen molar-refractivity contribution in [3.05, 3.63) is 35.1 Å². The van der Waals surface area contributed by atoms with Crippen molar-refractivity contribution in [2.24, 2.45) is 5.73 Å². The lowest BCUT2D eigenvalue weighted by Crippen LogP contribution is -2.18. The normalized spacial score (nSPS) is 13.8. The third-order valence-corrected chi connectivity index (χ3v) is 3.44. The Bertz CT molecular complexity index is 466. The van der Waals surface area contributed by atoms with Crippen LogP contribution < -0.4 is 5.73 Å². The highest BCUT2D eigenvalue weighted by atomic mass is 19.1. The van der Waals surface area contributed by atoms with Crippen molar-refractivity contribution < 1.29 is 18.3 Å². The van der Waals surface area contributed by atoms with Crippen LogP contribution in [0.25, 0.3) is 0 Å². The fraction of sp³-hybridized carbons (Fsp3) is 0.562. The molecule has 0 saturated heterocycles. The van der Waals surface area contributed by atoms with Crippen LogP contribution in [0.3, 0.4) is 0 Å². The lowest BCUT2D eigenvalue weighted by molar-refractivity contribution is -0.158. The molecule has 2 unspecified atom stereocenters. The molecule has 0 aliphatic carbocycles. The van der Waals surface area contributed by atoms with Crippen LogP contribution in [0.2, 0.25) is 0 Å². The summed E-state index contributed by atoms with van der Waals surface area (Å²) in [4.78, 5) is 11.6. The number of ether oxygens (including phenoxy) is 1. The predicted molar refractivity (Wildman–Crippen MR) is 78.1 cm³/mol. The number of esters is 1. The standard InChI is InChI=1S/C16H23F2NO2/c1-3-4-15(18)21-16(20)8-6-12(10-19)14-9-13(17)7-5-11(14)2/h5,7,9,12,15H,3-4,6,8,10,19H2,1-2H3. The molecule has 0 fully saturated rings. The lowest BCUT2D eigenvalue weighted by Gasteiger charge is -2.17. The molecular weight excluding hydrogens is 276 g/mol. The molecule has 2 atom stereocenters. The zero-order chi connectivity index (χ0) is 15.8. The molecule has 0 bridgehead atoms. The van der Waals surface area contributed by atoms with Crippen molar-refractivity contribution >= 4 is 5.97 Å². The second-order valence-corrected chi connectivity index (χ2v) is 5.16. The third-order valence-electron chi connectivity index (χ3n) is 3.44. The average Bonchev–Trinajstić information content (AvgIpc) is 2.43. The maximum absolute atomic E-state index is 13.3. The number of halogens is 2. The number of alkyl halides is 1. The molecular formula is C16H23F2NO2. The average molecular weight is 299 g/mol. The minimum Gasteiger partial charge on any atom is -0.431 e. The van der Waals surface area contributed by atoms with Gasteiger partial charge < -0.3 is 10.5 Å². The van der Waals surface area contributed by atoms with Crippen molar-refractivity contribution in [2.45, 2.75) is 51.8 Å². The first-order valence-corrected chi connectivity index (χ1v) is 7.27. The first-order valence-electron chi connectivity index (χ1n) is 7.27. The van der Waals surface area contributed by atoms with E-state index in [0.717, 1.165) is 11.1 Å². The Balaban J connectivity index is 2.58. The van der Waals surface area contributed by atoms with Crippen molar-refractivity contribution in [1.29, 1.82) is 0 Å². The molecule has 1 aromatic rings. The fourth-order valence-electron chi connectivity index (χ4n) is 2.23. The summed E-state index contributed by atoms with van der Waals surface area (Å²) in [5.41, 5.74) is 7.42. The van der Waals surface area contributed by atoms with Crippen LogP contribution >= 0.6 is 0 Å². The van der Waals surface area contributed by atoms with Crippen molar-refractivity contribution in [1.82, 2.24) is 0 Å². The largest absolute Gasteiger partial charge is 0.431 e. The van der Waals surface area contributed by atoms with E-state index in [1.54, 1.807) is 6.07 Å². The summed E-state index contributed by atoms with van der Waals surface area (Å²) in [5.74, 6) is -1.05. The van der Waals surface area contributed by atoms with Gasteiger partial charge in [-0.25, -0.2) is 8.78 Å². The Hall–Kier alpha value is -1.49. The lowest BCUT2D eigenvalue weighted by atomic mass is 9.91. The maximum atomic E-state index is 13.3. The monoisotopic (exact) mass is 299 g/mol. The molecule has 21 heavy (non-hydrogen) atoms. The van der Waals surface area contributed by atoms with Crippen LogP contribution in [0, 0.1) is 12.7 Å². The molecule has 0 amide bonds. The highest BCUT2D eigenvalue weighted by Gasteiger charge is 2.17. The van der Waals surface area contributed by atoms with Gasteiger partial charge in [0.2, 0.25) is 6.36 Å². The van der Waals surface area contributed by atoms with E-state index < -0.39 is 12.3 Å². The summed E-state index contributed by atoms with van der Waals surface area (Å²) < 4.78 is 31.2. The van der Waals surface area contributed by atoms with Crippen LogP contribution in [0.1, 0.15) is 49.7 Å². The van der Waals surface area contributed by atoms with Crippen LogP contribution in [0.4, 0.5) is 8.78 Å². The number of aryl methyl sites for hydroxylation is 1. The molecule has 0 aromatic heterocycles. The molecule has 0 saturated carbocycles. The van der Waals surface area contributed by atoms with Gasteiger partial charge in [0, 0.05) is 12.8 Å². The SMILES string of the molecule is CCCC(F)OC(=O)CCC(CN)c1cc(F)ccc1C. The Morgan fingerprint density at radius 1 is 1.38 bits per heavy atom. The molecule has 0 heterocycles. The van der Waals surface area contributed by atoms with Gasteiger partial charge in [0.05, 0.1) is 0 Å². The van der Waals surface area contributed by atoms with Gasteiger partial charge in [0.25, 0.3) is 0 Å². The number of hydrogen-bond donors (Lipinski definition) is 1. The zero-order valence-electron chi connectivity index (χ0n) is 12.6. The van der Waals surface area contributed by atoms with Gasteiger partial charge in [-0.3, -0.25) is 4.79 Å². The van der Waals surface area contributed by atoms with E-state index in [4.69, 9.17) is 5.73 Å². The van der Waals surface area contributed by atoms with Gasteiger partial charge in [-0.1, -0.05) is 13.0 Å². The number of carbonyl (C=O) groups excluding carboxylic acids is 1. The van der Waals surface area contributed by atoms with Gasteiger partial charge in [-0.2, -0.15) is 0 Å². The third kappa shape index (κ3) is 5.79. The van der Waals surface area contributed by atoms with Crippen LogP contribution in [-0.2, 0) is 9.53 Å². The van der Waals surface area contributed by atoms with Crippen molar-refractivity contribution in [3.8, 4) is 0 Å². The summed E-state index contributed by atoms with van der Waals surface area (Å²) in [5, 5.41) is 0. The number of benzene rings is 1. The van der Waals surface area contributed by atoms with Gasteiger partial charge in [0.1, 0.15) is 5.82 Å². The smallest absolute Gasteiger partial charge is 0.308 e. The summed E-state index contributed by atoms with van der Waals surface area (Å²) in [6.07, 6.45) is -0.243. The van der Waals surface area contributed by atoms with Crippen molar-refractivity contribution in [3.63, 3.8) is 0 Å². The van der Waals surface area contributed by atoms with Gasteiger partial charge in [-0.15, -0.1) is 0 Å². The minimum absolute atomic E-state index is 0.0714. The van der Waals surface area contributed by atoms with Crippen LogP contribution in [0.5, 0.6) is 0 Å². The quantitative estimate of drug-likeness (QED) is 0.746. The molecule has 3 nitrogen and oxygen atoms in total. The minimum atomic E-state index is -1.55. The fourth-order valence-corrected chi connectivity index (χ4v) is 2.23. The topological polar surface area (TPSA) is 52.3 Å². The first kappa shape index (κ1) is 17.6. The highest BCUT2D eigenvalue weighted by Crippen LogP contribution is 2.25. The van der Waals surface area contributed by atoms with Gasteiger partial charge in [-0.05, 0) is 55.5 Å². The Labute approximate surface area is 124 Å². The molecule has 1 rings (SSSR count). The zero-order valence-corrected chi connectivity index (χ0v) is 12.6. The molecule has 0 aliphatic rings. The molecule has 1 aromatic carbocycles. The highest BCUT2D eigenvalue weighted by molar-refractivity contribution is 5.69. The molecule has 0 aliphatic heterocycles. The molecule has 118 valence electrons. The van der Waals surface area contributed by atoms with Crippen LogP contribution in [0.15, 0.2) is 18.2 Å². The van der Waals surface area contributed by atoms with E-state index in [1.807, 2.05) is 13.8 Å². The Morgan fingerprint density at radius 3 is 2.71 bits per heavy atom. The summed E-state index contributed by atoms with van der Waals surface area (Å²) in [6.45, 7) is 3.98. The second kappa shape index (κ2) is 8.72. The van der Waals surface area contributed by atoms with E-state index in [1.165, 1.54) is 12.1 Å². The van der Waals surface area contributed by atoms with E-state index in [9.17, 15) is 13.6 Å². The Kier molecular flexibility index (Phi) is 7.29. The predicted octanol–water partition coefficient (Wildman–Crippen LogP) is 3.60. The van der Waals surface area contributed by atoms with E-state index in [-0.39, 0.29) is 24.6 Å². The number of nitrogens with two attached hydrogens (primary N) is 1. The van der Waals surface area contributed by atoms with Gasteiger partial charge >= 0.3 is 5.97 Å². The molecule has 5 heteroatoms. The van der Waals surface area contributed by atoms with E-state index >= 15 is 0 Å². The van der Waals surface area contributed by atoms with Gasteiger partial charge in [0.15, 0.2) is 0 Å². The van der Waals surface area contributed by atoms with E-state index in [2.05, 4.69) is 4.74 Å². The van der Waals surface area contributed by atoms with E-state index in [0.29, 0.717) is 19.4 Å². The summed E-state index contributed by atoms with van der Waals surface area (Å²) in [7, 11) is 0. The molecule has 0 spiro atoms.